The van der Waals surface area contributed by atoms with Crippen molar-refractivity contribution in [1.82, 2.24) is 5.32 Å². The lowest BCUT2D eigenvalue weighted by atomic mass is 10.2. The first-order valence-electron chi connectivity index (χ1n) is 10.2. The van der Waals surface area contributed by atoms with E-state index in [4.69, 9.17) is 16.3 Å². The average molecular weight is 585 g/mol. The number of anilines is 1. The molecule has 39 heavy (non-hydrogen) atoms. The maximum Gasteiger partial charge on any atom is 0.525 e. The van der Waals surface area contributed by atoms with Gasteiger partial charge in [0.15, 0.2) is 0 Å². The fourth-order valence-electron chi connectivity index (χ4n) is 2.79. The van der Waals surface area contributed by atoms with Crippen LogP contribution < -0.4 is 20.1 Å². The van der Waals surface area contributed by atoms with Gasteiger partial charge < -0.3 is 14.8 Å². The van der Waals surface area contributed by atoms with E-state index in [1.807, 2.05) is 0 Å². The zero-order chi connectivity index (χ0) is 29.0. The molecule has 0 saturated carbocycles. The summed E-state index contributed by atoms with van der Waals surface area (Å²) in [5, 5.41) is 3.65. The number of hydrogen-bond acceptors (Lipinski definition) is 5. The maximum absolute atomic E-state index is 13.7. The lowest BCUT2D eigenvalue weighted by Crippen LogP contribution is -2.41. The van der Waals surface area contributed by atoms with Crippen molar-refractivity contribution in [3.63, 3.8) is 0 Å². The zero-order valence-electron chi connectivity index (χ0n) is 18.8. The topological polar surface area (TPSA) is 85.9 Å². The summed E-state index contributed by atoms with van der Waals surface area (Å²) in [6, 6.07) is 9.31. The van der Waals surface area contributed by atoms with Gasteiger partial charge in [-0.25, -0.2) is 22.7 Å². The number of nitrogens with one attached hydrogen (secondary N) is 2. The van der Waals surface area contributed by atoms with Crippen LogP contribution in [0.2, 0.25) is 5.02 Å². The predicted molar refractivity (Wildman–Crippen MR) is 118 cm³/mol. The van der Waals surface area contributed by atoms with E-state index < -0.39 is 53.7 Å². The Labute approximate surface area is 218 Å². The second kappa shape index (κ2) is 11.7. The third kappa shape index (κ3) is 8.19. The first-order valence-corrected chi connectivity index (χ1v) is 10.6. The number of alkyl halides is 6. The summed E-state index contributed by atoms with van der Waals surface area (Å²) in [7, 11) is 0. The zero-order valence-corrected chi connectivity index (χ0v) is 19.5. The van der Waals surface area contributed by atoms with Crippen LogP contribution in [0.25, 0.3) is 0 Å². The van der Waals surface area contributed by atoms with Crippen LogP contribution in [0.3, 0.4) is 0 Å². The Hall–Kier alpha value is -4.11. The van der Waals surface area contributed by atoms with Crippen LogP contribution in [0.1, 0.15) is 10.4 Å². The summed E-state index contributed by atoms with van der Waals surface area (Å²) in [5.74, 6) is -4.51. The van der Waals surface area contributed by atoms with Gasteiger partial charge in [-0.1, -0.05) is 17.7 Å². The molecule has 0 saturated heterocycles. The predicted octanol–water partition coefficient (Wildman–Crippen LogP) is 7.18. The summed E-state index contributed by atoms with van der Waals surface area (Å²) in [5.41, 5.74) is -0.840. The maximum atomic E-state index is 13.7. The van der Waals surface area contributed by atoms with Gasteiger partial charge in [0.1, 0.15) is 34.4 Å². The fourth-order valence-corrected chi connectivity index (χ4v) is 3.00. The third-order valence-corrected chi connectivity index (χ3v) is 4.71. The van der Waals surface area contributed by atoms with E-state index in [1.54, 1.807) is 5.32 Å². The average Bonchev–Trinajstić information content (AvgIpc) is 2.80. The van der Waals surface area contributed by atoms with E-state index in [0.29, 0.717) is 0 Å². The van der Waals surface area contributed by atoms with Crippen LogP contribution in [0.15, 0.2) is 60.7 Å². The Morgan fingerprint density at radius 2 is 1.46 bits per heavy atom. The van der Waals surface area contributed by atoms with Crippen LogP contribution in [-0.2, 0) is 4.74 Å². The summed E-state index contributed by atoms with van der Waals surface area (Å²) in [6.45, 7) is 0. The van der Waals surface area contributed by atoms with Crippen molar-refractivity contribution >= 4 is 29.2 Å². The largest absolute Gasteiger partial charge is 0.525 e. The molecule has 1 atom stereocenters. The molecule has 3 rings (SSSR count). The minimum Gasteiger partial charge on any atom is -0.456 e. The number of halogens is 9. The number of ether oxygens (including phenoxy) is 3. The van der Waals surface area contributed by atoms with Crippen molar-refractivity contribution in [3.05, 3.63) is 82.9 Å². The number of amides is 3. The normalized spacial score (nSPS) is 12.4. The van der Waals surface area contributed by atoms with Crippen LogP contribution in [0.4, 0.5) is 45.6 Å². The van der Waals surface area contributed by atoms with Crippen LogP contribution in [0.5, 0.6) is 17.2 Å². The standard InChI is InChI=1S/C23H13ClF8N2O5/c24-14-10-13(38-22(28,29)20(27)39-23(30,31)32)8-9-17(14)37-12-6-4-11(5-7-12)33-21(36)34-19(35)18-15(25)2-1-3-16(18)26/h1-10,20H,(H2,33,34,35,36). The Morgan fingerprint density at radius 1 is 0.872 bits per heavy atom. The van der Waals surface area contributed by atoms with Crippen LogP contribution in [-0.4, -0.2) is 30.8 Å². The van der Waals surface area contributed by atoms with Gasteiger partial charge in [-0.2, -0.15) is 8.78 Å². The number of hydrogen-bond donors (Lipinski definition) is 2. The molecule has 0 aliphatic rings. The summed E-state index contributed by atoms with van der Waals surface area (Å²) >= 11 is 5.91. The molecule has 0 aliphatic carbocycles. The third-order valence-electron chi connectivity index (χ3n) is 4.42. The first-order chi connectivity index (χ1) is 18.1. The van der Waals surface area contributed by atoms with Crippen molar-refractivity contribution in [2.24, 2.45) is 0 Å². The Balaban J connectivity index is 1.59. The SMILES string of the molecule is O=C(NC(=O)c1c(F)cccc1F)Nc1ccc(Oc2ccc(OC(F)(F)C(F)OC(F)(F)F)cc2Cl)cc1. The first kappa shape index (κ1) is 29.4. The van der Waals surface area contributed by atoms with Crippen molar-refractivity contribution in [3.8, 4) is 17.2 Å². The minimum absolute atomic E-state index is 0.0914. The van der Waals surface area contributed by atoms with Gasteiger partial charge in [0.25, 0.3) is 5.91 Å². The molecule has 3 aromatic carbocycles. The molecule has 16 heteroatoms. The minimum atomic E-state index is -5.67. The molecule has 7 nitrogen and oxygen atoms in total. The van der Waals surface area contributed by atoms with Crippen molar-refractivity contribution in [2.75, 3.05) is 5.32 Å². The molecule has 0 bridgehead atoms. The molecule has 2 N–H and O–H groups in total. The molecule has 0 aliphatic heterocycles. The molecular formula is C23H13ClF8N2O5. The number of carbonyl (C=O) groups is 2. The van der Waals surface area contributed by atoms with Gasteiger partial charge >= 0.3 is 24.9 Å². The number of imide groups is 1. The number of carbonyl (C=O) groups excluding carboxylic acids is 2. The van der Waals surface area contributed by atoms with Gasteiger partial charge in [-0.15, -0.1) is 13.2 Å². The molecule has 0 spiro atoms. The molecule has 3 amide bonds. The van der Waals surface area contributed by atoms with Gasteiger partial charge in [0.05, 0.1) is 5.02 Å². The Morgan fingerprint density at radius 3 is 2.03 bits per heavy atom. The molecule has 1 unspecified atom stereocenters. The second-order valence-electron chi connectivity index (χ2n) is 7.27. The fraction of sp³-hybridized carbons (Fsp3) is 0.130. The van der Waals surface area contributed by atoms with Crippen molar-refractivity contribution in [1.29, 1.82) is 0 Å². The van der Waals surface area contributed by atoms with Crippen molar-refractivity contribution in [2.45, 2.75) is 18.8 Å². The van der Waals surface area contributed by atoms with Crippen LogP contribution >= 0.6 is 11.6 Å². The lowest BCUT2D eigenvalue weighted by molar-refractivity contribution is -0.411. The van der Waals surface area contributed by atoms with Gasteiger partial charge in [-0.05, 0) is 48.5 Å². The van der Waals surface area contributed by atoms with E-state index in [9.17, 15) is 44.7 Å². The highest BCUT2D eigenvalue weighted by atomic mass is 35.5. The smallest absolute Gasteiger partial charge is 0.456 e. The molecular weight excluding hydrogens is 572 g/mol. The summed E-state index contributed by atoms with van der Waals surface area (Å²) < 4.78 is 115. The molecule has 0 heterocycles. The van der Waals surface area contributed by atoms with Gasteiger partial charge in [0, 0.05) is 11.8 Å². The van der Waals surface area contributed by atoms with Gasteiger partial charge in [-0.3, -0.25) is 10.1 Å². The number of urea groups is 1. The highest BCUT2D eigenvalue weighted by molar-refractivity contribution is 6.32. The Kier molecular flexibility index (Phi) is 8.86. The molecule has 208 valence electrons. The Bertz CT molecular complexity index is 1340. The van der Waals surface area contributed by atoms with E-state index >= 15 is 0 Å². The number of benzene rings is 3. The highest BCUT2D eigenvalue weighted by Gasteiger charge is 2.50. The molecule has 0 fully saturated rings. The molecule has 0 radical (unpaired) electrons. The van der Waals surface area contributed by atoms with E-state index in [0.717, 1.165) is 36.4 Å². The van der Waals surface area contributed by atoms with E-state index in [-0.39, 0.29) is 22.2 Å². The monoisotopic (exact) mass is 584 g/mol. The lowest BCUT2D eigenvalue weighted by Gasteiger charge is -2.22. The van der Waals surface area contributed by atoms with E-state index in [2.05, 4.69) is 14.8 Å². The quantitative estimate of drug-likeness (QED) is 0.274. The number of rotatable bonds is 8. The van der Waals surface area contributed by atoms with E-state index in [1.165, 1.54) is 24.3 Å². The van der Waals surface area contributed by atoms with Crippen LogP contribution in [0, 0.1) is 11.6 Å². The second-order valence-corrected chi connectivity index (χ2v) is 7.67. The summed E-state index contributed by atoms with van der Waals surface area (Å²) in [6.07, 6.45) is -14.8. The molecule has 3 aromatic rings. The van der Waals surface area contributed by atoms with Gasteiger partial charge in [0.2, 0.25) is 0 Å². The highest BCUT2D eigenvalue weighted by Crippen LogP contribution is 2.36. The molecule has 0 aromatic heterocycles. The van der Waals surface area contributed by atoms with Crippen molar-refractivity contribution < 1.29 is 58.9 Å². The summed E-state index contributed by atoms with van der Waals surface area (Å²) in [4.78, 5) is 24.0.